The molecule has 1 aliphatic heterocycles. The predicted octanol–water partition coefficient (Wildman–Crippen LogP) is 4.17. The second-order valence-electron chi connectivity index (χ2n) is 5.62. The zero-order valence-corrected chi connectivity index (χ0v) is 15.0. The third kappa shape index (κ3) is 3.03. The fourth-order valence-electron chi connectivity index (χ4n) is 2.85. The minimum atomic E-state index is -0.108. The topological polar surface area (TPSA) is 72.4 Å². The van der Waals surface area contributed by atoms with Crippen molar-refractivity contribution in [3.63, 3.8) is 0 Å². The van der Waals surface area contributed by atoms with Crippen molar-refractivity contribution in [3.8, 4) is 10.8 Å². The first-order valence-corrected chi connectivity index (χ1v) is 9.30. The van der Waals surface area contributed by atoms with Crippen LogP contribution >= 0.6 is 27.3 Å². The van der Waals surface area contributed by atoms with Crippen LogP contribution < -0.4 is 0 Å². The van der Waals surface area contributed by atoms with Crippen molar-refractivity contribution < 1.29 is 13.6 Å². The van der Waals surface area contributed by atoms with E-state index in [1.54, 1.807) is 28.4 Å². The SMILES string of the molecule is O=C(c1ccc(Br)o1)N1CCCC(c2nnc(-c3cccs3)o2)C1. The Morgan fingerprint density at radius 2 is 2.21 bits per heavy atom. The number of likely N-dealkylation sites (tertiary alicyclic amines) is 1. The standard InChI is InChI=1S/C16H14BrN3O3S/c17-13-6-5-11(22-13)16(21)20-7-1-3-10(9-20)14-18-19-15(23-14)12-4-2-8-24-12/h2,4-6,8,10H,1,3,7,9H2. The molecule has 1 fully saturated rings. The molecular formula is C16H14BrN3O3S. The van der Waals surface area contributed by atoms with Gasteiger partial charge in [-0.3, -0.25) is 4.79 Å². The average Bonchev–Trinajstić information content (AvgIpc) is 3.35. The van der Waals surface area contributed by atoms with Gasteiger partial charge in [-0.1, -0.05) is 6.07 Å². The monoisotopic (exact) mass is 407 g/mol. The normalized spacial score (nSPS) is 18.0. The molecular weight excluding hydrogens is 394 g/mol. The van der Waals surface area contributed by atoms with Gasteiger partial charge in [0.2, 0.25) is 5.89 Å². The molecule has 0 bridgehead atoms. The molecule has 1 saturated heterocycles. The van der Waals surface area contributed by atoms with E-state index in [0.717, 1.165) is 17.7 Å². The van der Waals surface area contributed by atoms with Crippen LogP contribution in [0.2, 0.25) is 0 Å². The molecule has 0 spiro atoms. The number of hydrogen-bond donors (Lipinski definition) is 0. The molecule has 0 N–H and O–H groups in total. The molecule has 1 unspecified atom stereocenters. The summed E-state index contributed by atoms with van der Waals surface area (Å²) in [6, 6.07) is 7.30. The number of piperidine rings is 1. The zero-order valence-electron chi connectivity index (χ0n) is 12.6. The van der Waals surface area contributed by atoms with E-state index < -0.39 is 0 Å². The number of hydrogen-bond acceptors (Lipinski definition) is 6. The maximum atomic E-state index is 12.5. The molecule has 4 rings (SSSR count). The van der Waals surface area contributed by atoms with Gasteiger partial charge in [0.05, 0.1) is 10.8 Å². The molecule has 1 atom stereocenters. The lowest BCUT2D eigenvalue weighted by atomic mass is 9.98. The number of halogens is 1. The van der Waals surface area contributed by atoms with Gasteiger partial charge in [-0.05, 0) is 52.4 Å². The van der Waals surface area contributed by atoms with Crippen LogP contribution in [0.1, 0.15) is 35.2 Å². The number of nitrogens with zero attached hydrogens (tertiary/aromatic N) is 3. The minimum Gasteiger partial charge on any atom is -0.444 e. The quantitative estimate of drug-likeness (QED) is 0.651. The summed E-state index contributed by atoms with van der Waals surface area (Å²) in [6.07, 6.45) is 1.83. The molecule has 24 heavy (non-hydrogen) atoms. The molecule has 124 valence electrons. The summed E-state index contributed by atoms with van der Waals surface area (Å²) in [6.45, 7) is 1.27. The second kappa shape index (κ2) is 6.52. The van der Waals surface area contributed by atoms with E-state index in [-0.39, 0.29) is 11.8 Å². The van der Waals surface area contributed by atoms with E-state index in [0.29, 0.717) is 35.3 Å². The van der Waals surface area contributed by atoms with Crippen LogP contribution in [0.3, 0.4) is 0 Å². The molecule has 8 heteroatoms. The molecule has 3 aromatic heterocycles. The Labute approximate surface area is 150 Å². The Morgan fingerprint density at radius 3 is 2.96 bits per heavy atom. The van der Waals surface area contributed by atoms with Gasteiger partial charge in [0.15, 0.2) is 10.4 Å². The van der Waals surface area contributed by atoms with Crippen molar-refractivity contribution in [2.45, 2.75) is 18.8 Å². The fourth-order valence-corrected chi connectivity index (χ4v) is 3.80. The highest BCUT2D eigenvalue weighted by molar-refractivity contribution is 9.10. The van der Waals surface area contributed by atoms with Crippen LogP contribution in [-0.4, -0.2) is 34.1 Å². The van der Waals surface area contributed by atoms with Crippen LogP contribution in [0.25, 0.3) is 10.8 Å². The van der Waals surface area contributed by atoms with Crippen LogP contribution in [0, 0.1) is 0 Å². The van der Waals surface area contributed by atoms with Crippen molar-refractivity contribution >= 4 is 33.2 Å². The third-order valence-corrected chi connectivity index (χ3v) is 5.30. The highest BCUT2D eigenvalue weighted by Gasteiger charge is 2.30. The van der Waals surface area contributed by atoms with Crippen molar-refractivity contribution in [1.82, 2.24) is 15.1 Å². The van der Waals surface area contributed by atoms with Crippen LogP contribution in [-0.2, 0) is 0 Å². The highest BCUT2D eigenvalue weighted by atomic mass is 79.9. The number of thiophene rings is 1. The fraction of sp³-hybridized carbons (Fsp3) is 0.312. The van der Waals surface area contributed by atoms with E-state index in [1.807, 2.05) is 17.5 Å². The van der Waals surface area contributed by atoms with Gasteiger partial charge in [0.25, 0.3) is 11.8 Å². The van der Waals surface area contributed by atoms with Crippen molar-refractivity contribution in [1.29, 1.82) is 0 Å². The van der Waals surface area contributed by atoms with E-state index in [4.69, 9.17) is 8.83 Å². The predicted molar refractivity (Wildman–Crippen MR) is 91.9 cm³/mol. The van der Waals surface area contributed by atoms with Gasteiger partial charge in [0, 0.05) is 13.1 Å². The van der Waals surface area contributed by atoms with Gasteiger partial charge in [-0.25, -0.2) is 0 Å². The van der Waals surface area contributed by atoms with Gasteiger partial charge >= 0.3 is 0 Å². The second-order valence-corrected chi connectivity index (χ2v) is 7.35. The molecule has 4 heterocycles. The first-order valence-electron chi connectivity index (χ1n) is 7.62. The maximum Gasteiger partial charge on any atom is 0.289 e. The van der Waals surface area contributed by atoms with Crippen LogP contribution in [0.5, 0.6) is 0 Å². The first kappa shape index (κ1) is 15.6. The molecule has 6 nitrogen and oxygen atoms in total. The Morgan fingerprint density at radius 1 is 1.29 bits per heavy atom. The lowest BCUT2D eigenvalue weighted by Gasteiger charge is -2.30. The Bertz CT molecular complexity index is 843. The largest absolute Gasteiger partial charge is 0.444 e. The summed E-state index contributed by atoms with van der Waals surface area (Å²) in [5.74, 6) is 1.42. The summed E-state index contributed by atoms with van der Waals surface area (Å²) < 4.78 is 11.7. The van der Waals surface area contributed by atoms with Crippen molar-refractivity contribution in [2.24, 2.45) is 0 Å². The number of amides is 1. The third-order valence-electron chi connectivity index (χ3n) is 4.01. The molecule has 1 aliphatic rings. The molecule has 3 aromatic rings. The minimum absolute atomic E-state index is 0.0577. The van der Waals surface area contributed by atoms with Crippen molar-refractivity contribution in [2.75, 3.05) is 13.1 Å². The lowest BCUT2D eigenvalue weighted by molar-refractivity contribution is 0.0665. The van der Waals surface area contributed by atoms with Gasteiger partial charge < -0.3 is 13.7 Å². The number of rotatable bonds is 3. The van der Waals surface area contributed by atoms with Crippen LogP contribution in [0.15, 0.2) is 43.1 Å². The summed E-state index contributed by atoms with van der Waals surface area (Å²) in [5.41, 5.74) is 0. The van der Waals surface area contributed by atoms with Gasteiger partial charge in [-0.15, -0.1) is 21.5 Å². The summed E-state index contributed by atoms with van der Waals surface area (Å²) in [5, 5.41) is 10.3. The van der Waals surface area contributed by atoms with Crippen molar-refractivity contribution in [3.05, 3.63) is 46.0 Å². The van der Waals surface area contributed by atoms with E-state index in [1.165, 1.54) is 0 Å². The molecule has 0 aliphatic carbocycles. The smallest absolute Gasteiger partial charge is 0.289 e. The summed E-state index contributed by atoms with van der Waals surface area (Å²) >= 11 is 4.79. The maximum absolute atomic E-state index is 12.5. The highest BCUT2D eigenvalue weighted by Crippen LogP contribution is 2.30. The Hall–Kier alpha value is -1.93. The van der Waals surface area contributed by atoms with Gasteiger partial charge in [0.1, 0.15) is 0 Å². The van der Waals surface area contributed by atoms with Crippen LogP contribution in [0.4, 0.5) is 0 Å². The number of carbonyl (C=O) groups is 1. The molecule has 0 radical (unpaired) electrons. The molecule has 0 saturated carbocycles. The summed E-state index contributed by atoms with van der Waals surface area (Å²) in [7, 11) is 0. The lowest BCUT2D eigenvalue weighted by Crippen LogP contribution is -2.39. The van der Waals surface area contributed by atoms with E-state index in [2.05, 4.69) is 26.1 Å². The number of furan rings is 1. The molecule has 1 amide bonds. The zero-order chi connectivity index (χ0) is 16.5. The Kier molecular flexibility index (Phi) is 4.24. The number of carbonyl (C=O) groups excluding carboxylic acids is 1. The van der Waals surface area contributed by atoms with E-state index in [9.17, 15) is 4.79 Å². The molecule has 0 aromatic carbocycles. The summed E-state index contributed by atoms with van der Waals surface area (Å²) in [4.78, 5) is 15.3. The Balaban J connectivity index is 1.50. The average molecular weight is 408 g/mol. The first-order chi connectivity index (χ1) is 11.7. The van der Waals surface area contributed by atoms with Gasteiger partial charge in [-0.2, -0.15) is 0 Å². The van der Waals surface area contributed by atoms with E-state index >= 15 is 0 Å². The number of aromatic nitrogens is 2.